The van der Waals surface area contributed by atoms with Gasteiger partial charge in [-0.2, -0.15) is 0 Å². The van der Waals surface area contributed by atoms with Crippen LogP contribution in [0.3, 0.4) is 0 Å². The highest BCUT2D eigenvalue weighted by molar-refractivity contribution is 7.92. The molecule has 1 aliphatic rings. The van der Waals surface area contributed by atoms with E-state index in [-0.39, 0.29) is 25.1 Å². The molecule has 4 rings (SSSR count). The van der Waals surface area contributed by atoms with Gasteiger partial charge in [0.2, 0.25) is 5.91 Å². The minimum absolute atomic E-state index is 0.0895. The van der Waals surface area contributed by atoms with E-state index in [1.807, 2.05) is 51.1 Å². The molecule has 1 fully saturated rings. The summed E-state index contributed by atoms with van der Waals surface area (Å²) in [7, 11) is -3.91. The van der Waals surface area contributed by atoms with Crippen LogP contribution >= 0.6 is 0 Å². The number of nitrogens with one attached hydrogen (secondary N) is 1. The molecule has 9 nitrogen and oxygen atoms in total. The molecule has 278 valence electrons. The molecular formula is C39H51F2N3O6S. The molecule has 3 aromatic rings. The topological polar surface area (TPSA) is 139 Å². The number of nitrogens with two attached hydrogens (primary N) is 1. The lowest BCUT2D eigenvalue weighted by Gasteiger charge is -2.38. The number of halogens is 2. The fraction of sp³-hybridized carbons (Fsp3) is 0.487. The van der Waals surface area contributed by atoms with E-state index < -0.39 is 68.2 Å². The number of amides is 2. The Bertz CT molecular complexity index is 1690. The molecule has 0 spiro atoms. The standard InChI is InChI=1S/C39H51F2N3O6S/c1-4-11-33(12-5-2)51(48,49)26-35(43-38(47)50-25-28-13-8-7-9-14-28)37(46)44(39(17-18-39)30-16-10-15-27(6-3)19-30)24-36(45)34(42)22-29-20-31(40)23-32(41)21-29/h7-10,13-16,19-21,23,33-36,45H,4-6,11-12,17-18,22,24-26,42H2,1-3H3,(H,43,47)/t34-,35+,36+/m0/s1. The summed E-state index contributed by atoms with van der Waals surface area (Å²) >= 11 is 0. The first kappa shape index (κ1) is 39.9. The van der Waals surface area contributed by atoms with E-state index in [9.17, 15) is 31.9 Å². The Kier molecular flexibility index (Phi) is 14.1. The predicted molar refractivity (Wildman–Crippen MR) is 193 cm³/mol. The van der Waals surface area contributed by atoms with E-state index in [2.05, 4.69) is 5.32 Å². The lowest BCUT2D eigenvalue weighted by molar-refractivity contribution is -0.138. The van der Waals surface area contributed by atoms with Gasteiger partial charge in [-0.15, -0.1) is 0 Å². The van der Waals surface area contributed by atoms with Gasteiger partial charge < -0.3 is 25.8 Å². The number of carbonyl (C=O) groups excluding carboxylic acids is 2. The van der Waals surface area contributed by atoms with Gasteiger partial charge in [-0.3, -0.25) is 4.79 Å². The highest BCUT2D eigenvalue weighted by atomic mass is 32.2. The molecule has 51 heavy (non-hydrogen) atoms. The zero-order valence-corrected chi connectivity index (χ0v) is 30.5. The van der Waals surface area contributed by atoms with Crippen molar-refractivity contribution < 1.29 is 36.6 Å². The number of aliphatic hydroxyl groups excluding tert-OH is 1. The molecule has 3 atom stereocenters. The van der Waals surface area contributed by atoms with Gasteiger partial charge in [0.15, 0.2) is 9.84 Å². The SMILES string of the molecule is CCCC(CCC)S(=O)(=O)C[C@@H](NC(=O)OCc1ccccc1)C(=O)N(C[C@@H](O)[C@@H](N)Cc1cc(F)cc(F)c1)C1(c2cccc(CC)c2)CC1. The third-order valence-electron chi connectivity index (χ3n) is 9.57. The number of hydrogen-bond donors (Lipinski definition) is 3. The van der Waals surface area contributed by atoms with Gasteiger partial charge in [0.1, 0.15) is 24.3 Å². The molecule has 0 heterocycles. The Morgan fingerprint density at radius 1 is 0.922 bits per heavy atom. The molecule has 2 amide bonds. The summed E-state index contributed by atoms with van der Waals surface area (Å²) in [4.78, 5) is 29.5. The number of sulfone groups is 1. The van der Waals surface area contributed by atoms with Crippen LogP contribution in [0.25, 0.3) is 0 Å². The molecule has 0 aromatic heterocycles. The number of carbonyl (C=O) groups is 2. The minimum Gasteiger partial charge on any atom is -0.445 e. The number of ether oxygens (including phenoxy) is 1. The molecule has 12 heteroatoms. The van der Waals surface area contributed by atoms with Crippen molar-refractivity contribution in [2.24, 2.45) is 5.73 Å². The maximum atomic E-state index is 14.8. The van der Waals surface area contributed by atoms with E-state index in [0.29, 0.717) is 44.1 Å². The first-order chi connectivity index (χ1) is 24.3. The van der Waals surface area contributed by atoms with Gasteiger partial charge in [0.25, 0.3) is 0 Å². The summed E-state index contributed by atoms with van der Waals surface area (Å²) < 4.78 is 61.2. The zero-order chi connectivity index (χ0) is 37.2. The fourth-order valence-electron chi connectivity index (χ4n) is 6.63. The molecule has 4 N–H and O–H groups in total. The van der Waals surface area contributed by atoms with Crippen LogP contribution in [0.2, 0.25) is 0 Å². The van der Waals surface area contributed by atoms with Crippen LogP contribution in [0.15, 0.2) is 72.8 Å². The van der Waals surface area contributed by atoms with Crippen molar-refractivity contribution in [2.45, 2.75) is 108 Å². The molecule has 1 saturated carbocycles. The Morgan fingerprint density at radius 2 is 1.55 bits per heavy atom. The second-order valence-corrected chi connectivity index (χ2v) is 15.9. The molecule has 1 aliphatic carbocycles. The summed E-state index contributed by atoms with van der Waals surface area (Å²) in [6.45, 7) is 5.38. The van der Waals surface area contributed by atoms with E-state index in [1.165, 1.54) is 4.90 Å². The Hall–Kier alpha value is -3.87. The monoisotopic (exact) mass is 727 g/mol. The van der Waals surface area contributed by atoms with E-state index in [1.54, 1.807) is 24.3 Å². The van der Waals surface area contributed by atoms with Crippen molar-refractivity contribution in [1.29, 1.82) is 0 Å². The number of benzene rings is 3. The number of aryl methyl sites for hydroxylation is 1. The van der Waals surface area contributed by atoms with Crippen molar-refractivity contribution in [3.63, 3.8) is 0 Å². The Morgan fingerprint density at radius 3 is 2.14 bits per heavy atom. The van der Waals surface area contributed by atoms with Crippen molar-refractivity contribution >= 4 is 21.8 Å². The van der Waals surface area contributed by atoms with Gasteiger partial charge in [-0.1, -0.05) is 88.2 Å². The van der Waals surface area contributed by atoms with Crippen LogP contribution in [0, 0.1) is 11.6 Å². The number of nitrogens with zero attached hydrogens (tertiary/aromatic N) is 1. The average molecular weight is 728 g/mol. The quantitative estimate of drug-likeness (QED) is 0.139. The van der Waals surface area contributed by atoms with Crippen LogP contribution in [0.4, 0.5) is 13.6 Å². The van der Waals surface area contributed by atoms with E-state index in [4.69, 9.17) is 10.5 Å². The Balaban J connectivity index is 1.70. The van der Waals surface area contributed by atoms with Gasteiger partial charge >= 0.3 is 6.09 Å². The van der Waals surface area contributed by atoms with Crippen molar-refractivity contribution in [3.05, 3.63) is 107 Å². The molecule has 0 bridgehead atoms. The van der Waals surface area contributed by atoms with E-state index in [0.717, 1.165) is 35.7 Å². The summed E-state index contributed by atoms with van der Waals surface area (Å²) in [5, 5.41) is 13.3. The molecule has 0 unspecified atom stereocenters. The normalized spacial score (nSPS) is 15.5. The fourth-order valence-corrected chi connectivity index (χ4v) is 8.79. The lowest BCUT2D eigenvalue weighted by Crippen LogP contribution is -2.58. The van der Waals surface area contributed by atoms with Crippen molar-refractivity contribution in [3.8, 4) is 0 Å². The van der Waals surface area contributed by atoms with Gasteiger partial charge in [-0.25, -0.2) is 22.0 Å². The third-order valence-corrected chi connectivity index (χ3v) is 11.9. The summed E-state index contributed by atoms with van der Waals surface area (Å²) in [5.41, 5.74) is 8.26. The van der Waals surface area contributed by atoms with Gasteiger partial charge in [-0.05, 0) is 72.9 Å². The van der Waals surface area contributed by atoms with E-state index >= 15 is 0 Å². The average Bonchev–Trinajstić information content (AvgIpc) is 3.91. The van der Waals surface area contributed by atoms with Crippen LogP contribution in [-0.4, -0.2) is 66.2 Å². The number of alkyl carbamates (subject to hydrolysis) is 1. The lowest BCUT2D eigenvalue weighted by atomic mass is 9.96. The largest absolute Gasteiger partial charge is 0.445 e. The first-order valence-corrected chi connectivity index (χ1v) is 19.5. The van der Waals surface area contributed by atoms with Gasteiger partial charge in [0, 0.05) is 18.7 Å². The number of aliphatic hydroxyl groups is 1. The number of hydrogen-bond acceptors (Lipinski definition) is 7. The highest BCUT2D eigenvalue weighted by Crippen LogP contribution is 2.51. The van der Waals surface area contributed by atoms with Crippen LogP contribution in [0.5, 0.6) is 0 Å². The van der Waals surface area contributed by atoms with Crippen LogP contribution < -0.4 is 11.1 Å². The first-order valence-electron chi connectivity index (χ1n) is 17.8. The minimum atomic E-state index is -3.91. The summed E-state index contributed by atoms with van der Waals surface area (Å²) in [6.07, 6.45) is 1.41. The summed E-state index contributed by atoms with van der Waals surface area (Å²) in [6, 6.07) is 17.1. The molecule has 3 aromatic carbocycles. The zero-order valence-electron chi connectivity index (χ0n) is 29.7. The third kappa shape index (κ3) is 10.8. The maximum Gasteiger partial charge on any atom is 0.408 e. The molecule has 0 aliphatic heterocycles. The second kappa shape index (κ2) is 18.1. The second-order valence-electron chi connectivity index (χ2n) is 13.5. The van der Waals surface area contributed by atoms with Crippen LogP contribution in [-0.2, 0) is 44.4 Å². The maximum absolute atomic E-state index is 14.8. The smallest absolute Gasteiger partial charge is 0.408 e. The number of rotatable bonds is 19. The van der Waals surface area contributed by atoms with Crippen LogP contribution in [0.1, 0.15) is 81.5 Å². The Labute approximate surface area is 300 Å². The molecule has 0 saturated heterocycles. The highest BCUT2D eigenvalue weighted by Gasteiger charge is 2.53. The van der Waals surface area contributed by atoms with Crippen molar-refractivity contribution in [1.82, 2.24) is 10.2 Å². The summed E-state index contributed by atoms with van der Waals surface area (Å²) in [5.74, 6) is -2.93. The molecule has 0 radical (unpaired) electrons. The van der Waals surface area contributed by atoms with Crippen molar-refractivity contribution in [2.75, 3.05) is 12.3 Å². The molecular weight excluding hydrogens is 677 g/mol. The van der Waals surface area contributed by atoms with Gasteiger partial charge in [0.05, 0.1) is 22.6 Å². The predicted octanol–water partition coefficient (Wildman–Crippen LogP) is 5.95.